The Kier molecular flexibility index (Phi) is 2.11. The molecule has 0 bridgehead atoms. The van der Waals surface area contributed by atoms with Gasteiger partial charge in [0.1, 0.15) is 6.07 Å². The summed E-state index contributed by atoms with van der Waals surface area (Å²) in [5.41, 5.74) is 0.931. The number of nitriles is 1. The van der Waals surface area contributed by atoms with E-state index in [9.17, 15) is 0 Å². The SMILES string of the molecule is N#CC1CNc2cccc(Br)c2O1. The number of nitrogens with one attached hydrogen (secondary N) is 1. The first-order chi connectivity index (χ1) is 6.31. The lowest BCUT2D eigenvalue weighted by Crippen LogP contribution is -2.29. The van der Waals surface area contributed by atoms with Crippen LogP contribution in [0.2, 0.25) is 0 Å². The fourth-order valence-electron chi connectivity index (χ4n) is 1.23. The number of fused-ring (bicyclic) bond motifs is 1. The third kappa shape index (κ3) is 1.47. The molecule has 2 rings (SSSR count). The maximum Gasteiger partial charge on any atom is 0.201 e. The van der Waals surface area contributed by atoms with E-state index in [2.05, 4.69) is 27.3 Å². The van der Waals surface area contributed by atoms with Crippen LogP contribution >= 0.6 is 15.9 Å². The van der Waals surface area contributed by atoms with Gasteiger partial charge in [-0.15, -0.1) is 0 Å². The Morgan fingerprint density at radius 1 is 1.62 bits per heavy atom. The third-order valence-electron chi connectivity index (χ3n) is 1.85. The number of nitrogens with zero attached hydrogens (tertiary/aromatic N) is 1. The van der Waals surface area contributed by atoms with Crippen molar-refractivity contribution in [2.45, 2.75) is 6.10 Å². The summed E-state index contributed by atoms with van der Waals surface area (Å²) in [5.74, 6) is 0.723. The quantitative estimate of drug-likeness (QED) is 0.754. The summed E-state index contributed by atoms with van der Waals surface area (Å²) in [6.07, 6.45) is -0.397. The van der Waals surface area contributed by atoms with E-state index < -0.39 is 6.10 Å². The maximum absolute atomic E-state index is 8.68. The van der Waals surface area contributed by atoms with Gasteiger partial charge in [0.2, 0.25) is 6.10 Å². The molecule has 0 aliphatic carbocycles. The molecule has 0 amide bonds. The van der Waals surface area contributed by atoms with Crippen molar-refractivity contribution in [3.63, 3.8) is 0 Å². The van der Waals surface area contributed by atoms with Gasteiger partial charge in [0.15, 0.2) is 5.75 Å². The smallest absolute Gasteiger partial charge is 0.201 e. The average Bonchev–Trinajstić information content (AvgIpc) is 2.18. The van der Waals surface area contributed by atoms with Gasteiger partial charge in [-0.1, -0.05) is 6.07 Å². The highest BCUT2D eigenvalue weighted by Crippen LogP contribution is 2.35. The van der Waals surface area contributed by atoms with Gasteiger partial charge in [-0.25, -0.2) is 0 Å². The summed E-state index contributed by atoms with van der Waals surface area (Å²) in [4.78, 5) is 0. The molecule has 1 atom stereocenters. The lowest BCUT2D eigenvalue weighted by atomic mass is 10.2. The molecule has 1 N–H and O–H groups in total. The highest BCUT2D eigenvalue weighted by atomic mass is 79.9. The van der Waals surface area contributed by atoms with E-state index in [-0.39, 0.29) is 0 Å². The molecule has 1 aromatic rings. The number of benzene rings is 1. The molecular formula is C9H7BrN2O. The molecule has 13 heavy (non-hydrogen) atoms. The summed E-state index contributed by atoms with van der Waals surface area (Å²) in [6.45, 7) is 0.542. The second kappa shape index (κ2) is 3.27. The van der Waals surface area contributed by atoms with Crippen molar-refractivity contribution in [1.82, 2.24) is 0 Å². The minimum Gasteiger partial charge on any atom is -0.470 e. The van der Waals surface area contributed by atoms with E-state index in [1.54, 1.807) is 0 Å². The molecule has 1 aromatic carbocycles. The van der Waals surface area contributed by atoms with Crippen LogP contribution in [0.25, 0.3) is 0 Å². The zero-order valence-corrected chi connectivity index (χ0v) is 8.34. The molecule has 0 radical (unpaired) electrons. The number of halogens is 1. The van der Waals surface area contributed by atoms with Crippen molar-refractivity contribution < 1.29 is 4.74 Å². The summed E-state index contributed by atoms with van der Waals surface area (Å²) in [7, 11) is 0. The average molecular weight is 239 g/mol. The van der Waals surface area contributed by atoms with E-state index in [1.165, 1.54) is 0 Å². The fourth-order valence-corrected chi connectivity index (χ4v) is 1.69. The van der Waals surface area contributed by atoms with Gasteiger partial charge in [-0.3, -0.25) is 0 Å². The lowest BCUT2D eigenvalue weighted by molar-refractivity contribution is 0.258. The van der Waals surface area contributed by atoms with Gasteiger partial charge in [0, 0.05) is 0 Å². The Morgan fingerprint density at radius 2 is 2.46 bits per heavy atom. The monoisotopic (exact) mass is 238 g/mol. The fraction of sp³-hybridized carbons (Fsp3) is 0.222. The first kappa shape index (κ1) is 8.39. The Labute approximate surface area is 84.4 Å². The van der Waals surface area contributed by atoms with E-state index in [0.29, 0.717) is 6.54 Å². The summed E-state index contributed by atoms with van der Waals surface area (Å²) in [6, 6.07) is 7.80. The van der Waals surface area contributed by atoms with E-state index in [4.69, 9.17) is 10.00 Å². The van der Waals surface area contributed by atoms with Crippen molar-refractivity contribution >= 4 is 21.6 Å². The van der Waals surface area contributed by atoms with Crippen molar-refractivity contribution in [3.8, 4) is 11.8 Å². The standard InChI is InChI=1S/C9H7BrN2O/c10-7-2-1-3-8-9(7)13-6(4-11)5-12-8/h1-3,6,12H,5H2. The molecule has 0 saturated heterocycles. The minimum atomic E-state index is -0.397. The van der Waals surface area contributed by atoms with E-state index in [0.717, 1.165) is 15.9 Å². The highest BCUT2D eigenvalue weighted by Gasteiger charge is 2.19. The molecule has 1 unspecified atom stereocenters. The van der Waals surface area contributed by atoms with Gasteiger partial charge in [-0.05, 0) is 28.1 Å². The van der Waals surface area contributed by atoms with Crippen LogP contribution < -0.4 is 10.1 Å². The zero-order valence-electron chi connectivity index (χ0n) is 6.75. The maximum atomic E-state index is 8.68. The lowest BCUT2D eigenvalue weighted by Gasteiger charge is -2.23. The Balaban J connectivity index is 2.39. The van der Waals surface area contributed by atoms with Crippen molar-refractivity contribution in [2.24, 2.45) is 0 Å². The van der Waals surface area contributed by atoms with Crippen molar-refractivity contribution in [2.75, 3.05) is 11.9 Å². The Morgan fingerprint density at radius 3 is 3.23 bits per heavy atom. The van der Waals surface area contributed by atoms with E-state index in [1.807, 2.05) is 18.2 Å². The van der Waals surface area contributed by atoms with Gasteiger partial charge in [-0.2, -0.15) is 5.26 Å². The summed E-state index contributed by atoms with van der Waals surface area (Å²) in [5, 5.41) is 11.8. The van der Waals surface area contributed by atoms with Gasteiger partial charge in [0.25, 0.3) is 0 Å². The first-order valence-electron chi connectivity index (χ1n) is 3.90. The highest BCUT2D eigenvalue weighted by molar-refractivity contribution is 9.10. The molecule has 1 heterocycles. The molecular weight excluding hydrogens is 232 g/mol. The number of ether oxygens (including phenoxy) is 1. The molecule has 3 nitrogen and oxygen atoms in total. The number of rotatable bonds is 0. The zero-order chi connectivity index (χ0) is 9.26. The van der Waals surface area contributed by atoms with E-state index >= 15 is 0 Å². The van der Waals surface area contributed by atoms with Crippen molar-refractivity contribution in [3.05, 3.63) is 22.7 Å². The Hall–Kier alpha value is -1.21. The molecule has 1 aliphatic heterocycles. The van der Waals surface area contributed by atoms with Crippen molar-refractivity contribution in [1.29, 1.82) is 5.26 Å². The van der Waals surface area contributed by atoms with Crippen LogP contribution in [0.15, 0.2) is 22.7 Å². The molecule has 66 valence electrons. The van der Waals surface area contributed by atoms with Crippen LogP contribution in [-0.4, -0.2) is 12.6 Å². The minimum absolute atomic E-state index is 0.397. The van der Waals surface area contributed by atoms with Crippen LogP contribution in [-0.2, 0) is 0 Å². The topological polar surface area (TPSA) is 45.0 Å². The Bertz CT molecular complexity index is 372. The van der Waals surface area contributed by atoms with Crippen LogP contribution in [0.1, 0.15) is 0 Å². The molecule has 1 aliphatic rings. The van der Waals surface area contributed by atoms with Crippen LogP contribution in [0.4, 0.5) is 5.69 Å². The normalized spacial score (nSPS) is 19.2. The summed E-state index contributed by atoms with van der Waals surface area (Å²) < 4.78 is 6.31. The van der Waals surface area contributed by atoms with Gasteiger partial charge in [0.05, 0.1) is 16.7 Å². The molecule has 0 saturated carbocycles. The number of hydrogen-bond donors (Lipinski definition) is 1. The second-order valence-corrected chi connectivity index (χ2v) is 3.59. The predicted octanol–water partition coefficient (Wildman–Crippen LogP) is 2.15. The largest absolute Gasteiger partial charge is 0.470 e. The number of anilines is 1. The van der Waals surface area contributed by atoms with Gasteiger partial charge < -0.3 is 10.1 Å². The molecule has 4 heteroatoms. The first-order valence-corrected chi connectivity index (χ1v) is 4.69. The predicted molar refractivity (Wildman–Crippen MR) is 52.7 cm³/mol. The second-order valence-electron chi connectivity index (χ2n) is 2.73. The van der Waals surface area contributed by atoms with Crippen LogP contribution in [0.5, 0.6) is 5.75 Å². The molecule has 0 aromatic heterocycles. The summed E-state index contributed by atoms with van der Waals surface area (Å²) >= 11 is 3.36. The third-order valence-corrected chi connectivity index (χ3v) is 2.47. The number of para-hydroxylation sites is 1. The van der Waals surface area contributed by atoms with Gasteiger partial charge >= 0.3 is 0 Å². The molecule has 0 spiro atoms. The molecule has 0 fully saturated rings. The number of hydrogen-bond acceptors (Lipinski definition) is 3. The van der Waals surface area contributed by atoms with Crippen LogP contribution in [0.3, 0.4) is 0 Å². The van der Waals surface area contributed by atoms with Crippen LogP contribution in [0, 0.1) is 11.3 Å².